The zero-order valence-corrected chi connectivity index (χ0v) is 14.1. The van der Waals surface area contributed by atoms with Gasteiger partial charge in [0, 0.05) is 33.7 Å². The van der Waals surface area contributed by atoms with E-state index in [1.807, 2.05) is 4.90 Å². The number of benzene rings is 1. The quantitative estimate of drug-likeness (QED) is 0.820. The van der Waals surface area contributed by atoms with E-state index in [9.17, 15) is 17.6 Å². The molecule has 8 heteroatoms. The summed E-state index contributed by atoms with van der Waals surface area (Å²) < 4.78 is 38.3. The van der Waals surface area contributed by atoms with Gasteiger partial charge in [-0.25, -0.2) is 17.1 Å². The van der Waals surface area contributed by atoms with Crippen LogP contribution in [0.1, 0.15) is 18.0 Å². The Labute approximate surface area is 136 Å². The van der Waals surface area contributed by atoms with Crippen molar-refractivity contribution < 1.29 is 17.6 Å². The number of rotatable bonds is 6. The third kappa shape index (κ3) is 4.49. The number of hydrogen-bond donors (Lipinski definition) is 1. The van der Waals surface area contributed by atoms with E-state index in [4.69, 9.17) is 0 Å². The van der Waals surface area contributed by atoms with Crippen molar-refractivity contribution in [3.8, 4) is 0 Å². The van der Waals surface area contributed by atoms with Crippen LogP contribution in [0.15, 0.2) is 24.3 Å². The summed E-state index contributed by atoms with van der Waals surface area (Å²) in [5.41, 5.74) is 0.581. The normalized spacial score (nSPS) is 19.8. The number of carbonyl (C=O) groups excluding carboxylic acids is 1. The number of sulfonamides is 1. The van der Waals surface area contributed by atoms with E-state index in [1.54, 1.807) is 12.1 Å². The van der Waals surface area contributed by atoms with Gasteiger partial charge >= 0.3 is 0 Å². The fourth-order valence-electron chi connectivity index (χ4n) is 2.63. The number of amides is 1. The van der Waals surface area contributed by atoms with Crippen LogP contribution < -0.4 is 5.32 Å². The second-order valence-corrected chi connectivity index (χ2v) is 8.04. The van der Waals surface area contributed by atoms with E-state index in [2.05, 4.69) is 5.32 Å². The molecule has 23 heavy (non-hydrogen) atoms. The monoisotopic (exact) mass is 343 g/mol. The minimum absolute atomic E-state index is 0.0218. The van der Waals surface area contributed by atoms with Gasteiger partial charge in [-0.15, -0.1) is 0 Å². The van der Waals surface area contributed by atoms with E-state index in [1.165, 1.54) is 30.5 Å². The first-order chi connectivity index (χ1) is 10.8. The molecule has 0 aliphatic carbocycles. The SMILES string of the molecule is CN(C)S(=O)(=O)CCCN1CCNC(=O)C1c1cccc(F)c1. The Bertz CT molecular complexity index is 664. The molecule has 1 amide bonds. The molecule has 0 aromatic heterocycles. The van der Waals surface area contributed by atoms with Gasteiger partial charge < -0.3 is 5.32 Å². The minimum atomic E-state index is -3.26. The molecular formula is C15H22FN3O3S. The third-order valence-electron chi connectivity index (χ3n) is 3.88. The molecule has 1 N–H and O–H groups in total. The first kappa shape index (κ1) is 17.8. The summed E-state index contributed by atoms with van der Waals surface area (Å²) in [6.07, 6.45) is 0.416. The van der Waals surface area contributed by atoms with E-state index in [-0.39, 0.29) is 11.7 Å². The van der Waals surface area contributed by atoms with Crippen molar-refractivity contribution in [3.05, 3.63) is 35.6 Å². The predicted octanol–water partition coefficient (Wildman–Crippen LogP) is 0.580. The molecule has 1 aliphatic rings. The van der Waals surface area contributed by atoms with Crippen molar-refractivity contribution in [2.75, 3.05) is 39.5 Å². The van der Waals surface area contributed by atoms with Crippen LogP contribution in [0.25, 0.3) is 0 Å². The zero-order chi connectivity index (χ0) is 17.0. The van der Waals surface area contributed by atoms with Crippen molar-refractivity contribution in [1.82, 2.24) is 14.5 Å². The van der Waals surface area contributed by atoms with Gasteiger partial charge in [0.2, 0.25) is 15.9 Å². The van der Waals surface area contributed by atoms with Gasteiger partial charge in [-0.3, -0.25) is 9.69 Å². The first-order valence-electron chi connectivity index (χ1n) is 7.49. The number of halogens is 1. The Hall–Kier alpha value is -1.51. The van der Waals surface area contributed by atoms with E-state index in [0.29, 0.717) is 31.6 Å². The highest BCUT2D eigenvalue weighted by Crippen LogP contribution is 2.24. The molecule has 0 saturated carbocycles. The smallest absolute Gasteiger partial charge is 0.242 e. The van der Waals surface area contributed by atoms with Crippen molar-refractivity contribution in [3.63, 3.8) is 0 Å². The van der Waals surface area contributed by atoms with E-state index in [0.717, 1.165) is 0 Å². The number of hydrogen-bond acceptors (Lipinski definition) is 4. The van der Waals surface area contributed by atoms with Gasteiger partial charge in [0.05, 0.1) is 5.75 Å². The molecular weight excluding hydrogens is 321 g/mol. The lowest BCUT2D eigenvalue weighted by atomic mass is 10.0. The highest BCUT2D eigenvalue weighted by atomic mass is 32.2. The molecule has 1 aliphatic heterocycles. The van der Waals surface area contributed by atoms with Gasteiger partial charge in [0.1, 0.15) is 11.9 Å². The average Bonchev–Trinajstić information content (AvgIpc) is 2.47. The lowest BCUT2D eigenvalue weighted by molar-refractivity contribution is -0.129. The Morgan fingerprint density at radius 2 is 2.13 bits per heavy atom. The summed E-state index contributed by atoms with van der Waals surface area (Å²) in [5.74, 6) is -0.554. The second kappa shape index (κ2) is 7.37. The maximum absolute atomic E-state index is 13.4. The summed E-state index contributed by atoms with van der Waals surface area (Å²) in [7, 11) is -0.257. The molecule has 1 fully saturated rings. The molecule has 0 bridgehead atoms. The fourth-order valence-corrected chi connectivity index (χ4v) is 3.49. The topological polar surface area (TPSA) is 69.7 Å². The maximum atomic E-state index is 13.4. The Balaban J connectivity index is 2.08. The third-order valence-corrected chi connectivity index (χ3v) is 5.80. The standard InChI is InChI=1S/C15H22FN3O3S/c1-18(2)23(21,22)10-4-8-19-9-7-17-15(20)14(19)12-5-3-6-13(16)11-12/h3,5-6,11,14H,4,7-10H2,1-2H3,(H,17,20). The molecule has 128 valence electrons. The fraction of sp³-hybridized carbons (Fsp3) is 0.533. The van der Waals surface area contributed by atoms with Crippen molar-refractivity contribution in [1.29, 1.82) is 0 Å². The summed E-state index contributed by atoms with van der Waals surface area (Å²) in [5, 5.41) is 2.78. The summed E-state index contributed by atoms with van der Waals surface area (Å²) in [6, 6.07) is 5.38. The van der Waals surface area contributed by atoms with Crippen molar-refractivity contribution >= 4 is 15.9 Å². The molecule has 1 aromatic rings. The number of nitrogens with zero attached hydrogens (tertiary/aromatic N) is 2. The minimum Gasteiger partial charge on any atom is -0.353 e. The predicted molar refractivity (Wildman–Crippen MR) is 85.8 cm³/mol. The molecule has 1 atom stereocenters. The van der Waals surface area contributed by atoms with Crippen LogP contribution in [-0.4, -0.2) is 63.0 Å². The molecule has 1 heterocycles. The molecule has 0 spiro atoms. The number of carbonyl (C=O) groups is 1. The summed E-state index contributed by atoms with van der Waals surface area (Å²) >= 11 is 0. The van der Waals surface area contributed by atoms with Gasteiger partial charge in [-0.1, -0.05) is 12.1 Å². The molecule has 6 nitrogen and oxygen atoms in total. The largest absolute Gasteiger partial charge is 0.353 e. The average molecular weight is 343 g/mol. The Morgan fingerprint density at radius 1 is 1.39 bits per heavy atom. The van der Waals surface area contributed by atoms with Crippen LogP contribution in [0.3, 0.4) is 0 Å². The van der Waals surface area contributed by atoms with Crippen LogP contribution in [0, 0.1) is 5.82 Å². The zero-order valence-electron chi connectivity index (χ0n) is 13.3. The lowest BCUT2D eigenvalue weighted by Gasteiger charge is -2.35. The van der Waals surface area contributed by atoms with Crippen molar-refractivity contribution in [2.24, 2.45) is 0 Å². The van der Waals surface area contributed by atoms with E-state index < -0.39 is 21.9 Å². The first-order valence-corrected chi connectivity index (χ1v) is 9.09. The number of nitrogens with one attached hydrogen (secondary N) is 1. The Kier molecular flexibility index (Phi) is 5.72. The molecule has 1 saturated heterocycles. The van der Waals surface area contributed by atoms with Gasteiger partial charge in [-0.2, -0.15) is 0 Å². The van der Waals surface area contributed by atoms with E-state index >= 15 is 0 Å². The molecule has 2 rings (SSSR count). The van der Waals surface area contributed by atoms with Crippen LogP contribution in [0.2, 0.25) is 0 Å². The molecule has 0 radical (unpaired) electrons. The van der Waals surface area contributed by atoms with Crippen molar-refractivity contribution in [2.45, 2.75) is 12.5 Å². The summed E-state index contributed by atoms with van der Waals surface area (Å²) in [6.45, 7) is 1.57. The highest BCUT2D eigenvalue weighted by molar-refractivity contribution is 7.89. The van der Waals surface area contributed by atoms with Gasteiger partial charge in [0.25, 0.3) is 0 Å². The second-order valence-electron chi connectivity index (χ2n) is 5.74. The Morgan fingerprint density at radius 3 is 2.78 bits per heavy atom. The highest BCUT2D eigenvalue weighted by Gasteiger charge is 2.31. The van der Waals surface area contributed by atoms with Crippen LogP contribution in [0.4, 0.5) is 4.39 Å². The van der Waals surface area contributed by atoms with Crippen LogP contribution >= 0.6 is 0 Å². The van der Waals surface area contributed by atoms with Gasteiger partial charge in [-0.05, 0) is 24.1 Å². The van der Waals surface area contributed by atoms with Gasteiger partial charge in [0.15, 0.2) is 0 Å². The number of piperazine rings is 1. The molecule has 1 unspecified atom stereocenters. The maximum Gasteiger partial charge on any atom is 0.242 e. The lowest BCUT2D eigenvalue weighted by Crippen LogP contribution is -2.50. The summed E-state index contributed by atoms with van der Waals surface area (Å²) in [4.78, 5) is 14.1. The molecule has 1 aromatic carbocycles. The van der Waals surface area contributed by atoms with Crippen LogP contribution in [0.5, 0.6) is 0 Å². The van der Waals surface area contributed by atoms with Crippen LogP contribution in [-0.2, 0) is 14.8 Å².